The summed E-state index contributed by atoms with van der Waals surface area (Å²) in [5.74, 6) is -2.55. The zero-order valence-corrected chi connectivity index (χ0v) is 11.2. The highest BCUT2D eigenvalue weighted by Gasteiger charge is 2.24. The minimum absolute atomic E-state index is 0.233. The normalized spacial score (nSPS) is 16.7. The van der Waals surface area contributed by atoms with Gasteiger partial charge in [0.2, 0.25) is 0 Å². The SMILES string of the molecule is CCC(C)SP(=O)(Cl)Oc1ccccc1. The predicted molar refractivity (Wildman–Crippen MR) is 67.9 cm³/mol. The molecule has 2 atom stereocenters. The molecule has 0 bridgehead atoms. The van der Waals surface area contributed by atoms with Gasteiger partial charge in [0, 0.05) is 5.25 Å². The van der Waals surface area contributed by atoms with Crippen LogP contribution in [0.15, 0.2) is 30.3 Å². The minimum atomic E-state index is -3.10. The van der Waals surface area contributed by atoms with Crippen LogP contribution in [0.25, 0.3) is 0 Å². The highest BCUT2D eigenvalue weighted by atomic mass is 35.7. The monoisotopic (exact) mass is 264 g/mol. The number of para-hydroxylation sites is 1. The quantitative estimate of drug-likeness (QED) is 0.704. The molecule has 0 spiro atoms. The first-order valence-electron chi connectivity index (χ1n) is 4.76. The summed E-state index contributed by atoms with van der Waals surface area (Å²) in [5, 5.41) is 0.233. The van der Waals surface area contributed by atoms with Crippen molar-refractivity contribution in [2.75, 3.05) is 0 Å². The first kappa shape index (κ1) is 13.0. The summed E-state index contributed by atoms with van der Waals surface area (Å²) in [6, 6.07) is 8.99. The van der Waals surface area contributed by atoms with Crippen molar-refractivity contribution in [2.45, 2.75) is 25.5 Å². The Morgan fingerprint density at radius 1 is 1.47 bits per heavy atom. The molecule has 84 valence electrons. The van der Waals surface area contributed by atoms with E-state index in [1.165, 1.54) is 11.4 Å². The summed E-state index contributed by atoms with van der Waals surface area (Å²) < 4.78 is 17.1. The molecule has 0 saturated heterocycles. The maximum Gasteiger partial charge on any atom is 0.393 e. The number of hydrogen-bond acceptors (Lipinski definition) is 3. The number of rotatable bonds is 5. The zero-order chi connectivity index (χ0) is 11.3. The molecule has 0 saturated carbocycles. The van der Waals surface area contributed by atoms with E-state index in [1.807, 2.05) is 32.0 Å². The van der Waals surface area contributed by atoms with Gasteiger partial charge in [0.25, 0.3) is 0 Å². The largest absolute Gasteiger partial charge is 0.426 e. The third kappa shape index (κ3) is 4.96. The Bertz CT molecular complexity index is 345. The van der Waals surface area contributed by atoms with Crippen LogP contribution in [0.4, 0.5) is 0 Å². The van der Waals surface area contributed by atoms with Crippen LogP contribution >= 0.6 is 28.5 Å². The average molecular weight is 265 g/mol. The number of halogens is 1. The van der Waals surface area contributed by atoms with Gasteiger partial charge in [-0.05, 0) is 41.2 Å². The van der Waals surface area contributed by atoms with Gasteiger partial charge in [0.15, 0.2) is 0 Å². The smallest absolute Gasteiger partial charge is 0.393 e. The lowest BCUT2D eigenvalue weighted by Gasteiger charge is -2.15. The Labute approximate surface area is 99.3 Å². The molecule has 0 N–H and O–H groups in total. The molecule has 0 aliphatic rings. The van der Waals surface area contributed by atoms with E-state index in [9.17, 15) is 4.57 Å². The molecule has 0 aliphatic carbocycles. The lowest BCUT2D eigenvalue weighted by molar-refractivity contribution is 0.514. The molecule has 0 aromatic heterocycles. The third-order valence-corrected chi connectivity index (χ3v) is 6.20. The second kappa shape index (κ2) is 5.83. The van der Waals surface area contributed by atoms with E-state index in [4.69, 9.17) is 15.8 Å². The maximum atomic E-state index is 11.9. The van der Waals surface area contributed by atoms with Crippen LogP contribution in [0, 0.1) is 0 Å². The fourth-order valence-electron chi connectivity index (χ4n) is 0.918. The Balaban J connectivity index is 2.61. The molecule has 1 aromatic rings. The summed E-state index contributed by atoms with van der Waals surface area (Å²) >= 11 is 7.04. The molecular formula is C10H14ClO2PS. The van der Waals surface area contributed by atoms with Crippen LogP contribution in [0.3, 0.4) is 0 Å². The fourth-order valence-corrected chi connectivity index (χ4v) is 5.50. The van der Waals surface area contributed by atoms with Gasteiger partial charge in [-0.15, -0.1) is 0 Å². The average Bonchev–Trinajstić information content (AvgIpc) is 2.17. The number of hydrogen-bond donors (Lipinski definition) is 0. The highest BCUT2D eigenvalue weighted by molar-refractivity contribution is 8.64. The van der Waals surface area contributed by atoms with Gasteiger partial charge in [-0.3, -0.25) is 0 Å². The van der Waals surface area contributed by atoms with E-state index < -0.39 is 5.92 Å². The molecule has 2 unspecified atom stereocenters. The van der Waals surface area contributed by atoms with Gasteiger partial charge < -0.3 is 4.52 Å². The molecule has 1 rings (SSSR count). The van der Waals surface area contributed by atoms with Crippen molar-refractivity contribution in [1.29, 1.82) is 0 Å². The predicted octanol–water partition coefficient (Wildman–Crippen LogP) is 4.94. The van der Waals surface area contributed by atoms with Crippen LogP contribution in [-0.2, 0) is 4.57 Å². The van der Waals surface area contributed by atoms with E-state index in [0.717, 1.165) is 6.42 Å². The topological polar surface area (TPSA) is 26.3 Å². The molecule has 0 amide bonds. The van der Waals surface area contributed by atoms with E-state index in [0.29, 0.717) is 5.75 Å². The van der Waals surface area contributed by atoms with Gasteiger partial charge in [0.05, 0.1) is 0 Å². The van der Waals surface area contributed by atoms with Crippen molar-refractivity contribution in [3.05, 3.63) is 30.3 Å². The Kier molecular flexibility index (Phi) is 5.04. The van der Waals surface area contributed by atoms with Crippen LogP contribution in [0.1, 0.15) is 20.3 Å². The summed E-state index contributed by atoms with van der Waals surface area (Å²) in [6.45, 7) is 4.01. The lowest BCUT2D eigenvalue weighted by atomic mass is 10.3. The van der Waals surface area contributed by atoms with E-state index in [2.05, 4.69) is 0 Å². The minimum Gasteiger partial charge on any atom is -0.426 e. The van der Waals surface area contributed by atoms with Gasteiger partial charge in [-0.25, -0.2) is 4.57 Å². The van der Waals surface area contributed by atoms with Gasteiger partial charge >= 0.3 is 5.92 Å². The molecule has 0 fully saturated rings. The van der Waals surface area contributed by atoms with Gasteiger partial charge in [-0.2, -0.15) is 0 Å². The van der Waals surface area contributed by atoms with Crippen molar-refractivity contribution in [3.63, 3.8) is 0 Å². The Morgan fingerprint density at radius 3 is 2.60 bits per heavy atom. The highest BCUT2D eigenvalue weighted by Crippen LogP contribution is 2.65. The second-order valence-electron chi connectivity index (χ2n) is 3.16. The molecule has 2 nitrogen and oxygen atoms in total. The van der Waals surface area contributed by atoms with E-state index in [-0.39, 0.29) is 5.25 Å². The zero-order valence-electron chi connectivity index (χ0n) is 8.72. The third-order valence-electron chi connectivity index (χ3n) is 1.84. The fraction of sp³-hybridized carbons (Fsp3) is 0.400. The van der Waals surface area contributed by atoms with Crippen LogP contribution in [0.2, 0.25) is 0 Å². The summed E-state index contributed by atoms with van der Waals surface area (Å²) in [6.07, 6.45) is 0.916. The first-order chi connectivity index (χ1) is 7.03. The summed E-state index contributed by atoms with van der Waals surface area (Å²) in [4.78, 5) is 0. The van der Waals surface area contributed by atoms with Gasteiger partial charge in [0.1, 0.15) is 5.75 Å². The molecule has 0 aliphatic heterocycles. The van der Waals surface area contributed by atoms with Crippen molar-refractivity contribution >= 4 is 28.5 Å². The molecular weight excluding hydrogens is 251 g/mol. The molecule has 5 heteroatoms. The molecule has 0 radical (unpaired) electrons. The maximum absolute atomic E-state index is 11.9. The molecule has 15 heavy (non-hydrogen) atoms. The summed E-state index contributed by atoms with van der Waals surface area (Å²) in [5.41, 5.74) is 0. The van der Waals surface area contributed by atoms with Crippen LogP contribution < -0.4 is 4.52 Å². The van der Waals surface area contributed by atoms with Crippen LogP contribution in [0.5, 0.6) is 5.75 Å². The van der Waals surface area contributed by atoms with E-state index >= 15 is 0 Å². The van der Waals surface area contributed by atoms with Crippen molar-refractivity contribution < 1.29 is 9.09 Å². The lowest BCUT2D eigenvalue weighted by Crippen LogP contribution is -1.93. The van der Waals surface area contributed by atoms with Crippen molar-refractivity contribution in [1.82, 2.24) is 0 Å². The molecule has 0 heterocycles. The van der Waals surface area contributed by atoms with Gasteiger partial charge in [-0.1, -0.05) is 32.0 Å². The van der Waals surface area contributed by atoms with Crippen molar-refractivity contribution in [3.8, 4) is 5.75 Å². The standard InChI is InChI=1S/C10H14ClO2PS/c1-3-9(2)15-14(11,12)13-10-7-5-4-6-8-10/h4-9H,3H2,1-2H3. The van der Waals surface area contributed by atoms with Crippen molar-refractivity contribution in [2.24, 2.45) is 0 Å². The second-order valence-corrected chi connectivity index (χ2v) is 9.23. The Morgan fingerprint density at radius 2 is 2.07 bits per heavy atom. The van der Waals surface area contributed by atoms with E-state index in [1.54, 1.807) is 12.1 Å². The first-order valence-corrected chi connectivity index (χ1v) is 8.77. The van der Waals surface area contributed by atoms with Crippen LogP contribution in [-0.4, -0.2) is 5.25 Å². The summed E-state index contributed by atoms with van der Waals surface area (Å²) in [7, 11) is 0. The number of benzene rings is 1. The Hall–Kier alpha value is -0.110. The molecule has 1 aromatic carbocycles.